The third-order valence-corrected chi connectivity index (χ3v) is 2.15. The van der Waals surface area contributed by atoms with E-state index in [1.807, 2.05) is 0 Å². The molecular weight excluding hydrogens is 128 g/mol. The van der Waals surface area contributed by atoms with Crippen molar-refractivity contribution in [3.05, 3.63) is 0 Å². The SMILES string of the molecule is NC1CCC(N)C(N)(N)C1. The van der Waals surface area contributed by atoms with Crippen molar-refractivity contribution in [2.45, 2.75) is 37.0 Å². The molecule has 2 atom stereocenters. The molecule has 0 spiro atoms. The molecule has 0 saturated heterocycles. The normalized spacial score (nSPS) is 39.6. The molecule has 8 N–H and O–H groups in total. The van der Waals surface area contributed by atoms with Gasteiger partial charge in [-0.15, -0.1) is 0 Å². The van der Waals surface area contributed by atoms with Crippen LogP contribution < -0.4 is 22.9 Å². The predicted molar refractivity (Wildman–Crippen MR) is 40.9 cm³/mol. The number of nitrogens with two attached hydrogens (primary N) is 4. The van der Waals surface area contributed by atoms with Crippen LogP contribution in [0.25, 0.3) is 0 Å². The molecule has 4 nitrogen and oxygen atoms in total. The highest BCUT2D eigenvalue weighted by Crippen LogP contribution is 2.19. The molecule has 0 aliphatic heterocycles. The maximum atomic E-state index is 5.68. The minimum atomic E-state index is -0.738. The van der Waals surface area contributed by atoms with E-state index in [1.54, 1.807) is 0 Å². The van der Waals surface area contributed by atoms with Crippen molar-refractivity contribution in [3.63, 3.8) is 0 Å². The third-order valence-electron chi connectivity index (χ3n) is 2.15. The molecule has 0 aromatic carbocycles. The van der Waals surface area contributed by atoms with Crippen LogP contribution >= 0.6 is 0 Å². The first kappa shape index (κ1) is 7.94. The molecule has 1 aliphatic carbocycles. The van der Waals surface area contributed by atoms with Crippen LogP contribution in [0.5, 0.6) is 0 Å². The minimum Gasteiger partial charge on any atom is -0.328 e. The molecule has 4 heteroatoms. The van der Waals surface area contributed by atoms with Crippen LogP contribution in [0.1, 0.15) is 19.3 Å². The summed E-state index contributed by atoms with van der Waals surface area (Å²) in [5, 5.41) is 0. The first-order valence-corrected chi connectivity index (χ1v) is 3.61. The fourth-order valence-corrected chi connectivity index (χ4v) is 1.37. The zero-order valence-corrected chi connectivity index (χ0v) is 6.09. The summed E-state index contributed by atoms with van der Waals surface area (Å²) >= 11 is 0. The summed E-state index contributed by atoms with van der Waals surface area (Å²) in [6.45, 7) is 0. The van der Waals surface area contributed by atoms with Crippen LogP contribution in [-0.4, -0.2) is 17.7 Å². The molecule has 1 aliphatic rings. The van der Waals surface area contributed by atoms with Crippen LogP contribution in [0.3, 0.4) is 0 Å². The van der Waals surface area contributed by atoms with Gasteiger partial charge in [0.25, 0.3) is 0 Å². The molecule has 10 heavy (non-hydrogen) atoms. The van der Waals surface area contributed by atoms with Gasteiger partial charge < -0.3 is 22.9 Å². The fraction of sp³-hybridized carbons (Fsp3) is 1.00. The van der Waals surface area contributed by atoms with Crippen molar-refractivity contribution < 1.29 is 0 Å². The Morgan fingerprint density at radius 3 is 2.10 bits per heavy atom. The molecule has 60 valence electrons. The zero-order chi connectivity index (χ0) is 7.78. The highest BCUT2D eigenvalue weighted by atomic mass is 15.0. The maximum Gasteiger partial charge on any atom is 0.0807 e. The topological polar surface area (TPSA) is 104 Å². The second kappa shape index (κ2) is 2.47. The first-order chi connectivity index (χ1) is 4.52. The quantitative estimate of drug-likeness (QED) is 0.308. The monoisotopic (exact) mass is 144 g/mol. The smallest absolute Gasteiger partial charge is 0.0807 e. The Bertz CT molecular complexity index is 123. The lowest BCUT2D eigenvalue weighted by Gasteiger charge is -2.38. The molecule has 0 aromatic rings. The molecule has 0 amide bonds. The van der Waals surface area contributed by atoms with E-state index in [4.69, 9.17) is 22.9 Å². The summed E-state index contributed by atoms with van der Waals surface area (Å²) in [6, 6.07) is 0.0436. The molecule has 0 bridgehead atoms. The largest absolute Gasteiger partial charge is 0.328 e. The average Bonchev–Trinajstić information content (AvgIpc) is 1.78. The Balaban J connectivity index is 2.55. The maximum absolute atomic E-state index is 5.68. The van der Waals surface area contributed by atoms with E-state index >= 15 is 0 Å². The molecule has 0 radical (unpaired) electrons. The van der Waals surface area contributed by atoms with E-state index in [-0.39, 0.29) is 12.1 Å². The average molecular weight is 144 g/mol. The standard InChI is InChI=1S/C6H16N4/c7-4-1-2-5(8)6(9,10)3-4/h4-5H,1-3,7-10H2. The van der Waals surface area contributed by atoms with Crippen molar-refractivity contribution in [1.82, 2.24) is 0 Å². The van der Waals surface area contributed by atoms with Gasteiger partial charge in [0, 0.05) is 12.1 Å². The van der Waals surface area contributed by atoms with Crippen LogP contribution in [0.4, 0.5) is 0 Å². The van der Waals surface area contributed by atoms with Crippen molar-refractivity contribution in [3.8, 4) is 0 Å². The molecule has 1 fully saturated rings. The van der Waals surface area contributed by atoms with E-state index in [0.717, 1.165) is 12.8 Å². The summed E-state index contributed by atoms with van der Waals surface area (Å²) in [5.41, 5.74) is 22.0. The molecule has 0 aromatic heterocycles. The summed E-state index contributed by atoms with van der Waals surface area (Å²) in [5.74, 6) is 0. The van der Waals surface area contributed by atoms with Crippen molar-refractivity contribution in [2.75, 3.05) is 0 Å². The van der Waals surface area contributed by atoms with E-state index in [0.29, 0.717) is 6.42 Å². The molecular formula is C6H16N4. The Labute approximate surface area is 60.9 Å². The number of hydrogen-bond acceptors (Lipinski definition) is 4. The van der Waals surface area contributed by atoms with E-state index in [1.165, 1.54) is 0 Å². The minimum absolute atomic E-state index is 0.0905. The van der Waals surface area contributed by atoms with Gasteiger partial charge in [0.05, 0.1) is 5.66 Å². The number of rotatable bonds is 0. The highest BCUT2D eigenvalue weighted by molar-refractivity contribution is 4.96. The predicted octanol–water partition coefficient (Wildman–Crippen LogP) is -1.56. The Morgan fingerprint density at radius 1 is 1.10 bits per heavy atom. The zero-order valence-electron chi connectivity index (χ0n) is 6.09. The highest BCUT2D eigenvalue weighted by Gasteiger charge is 2.34. The Hall–Kier alpha value is -0.160. The third kappa shape index (κ3) is 1.46. The molecule has 0 heterocycles. The summed E-state index contributed by atoms with van der Waals surface area (Å²) in [4.78, 5) is 0. The molecule has 1 rings (SSSR count). The van der Waals surface area contributed by atoms with Gasteiger partial charge in [-0.3, -0.25) is 0 Å². The van der Waals surface area contributed by atoms with E-state index < -0.39 is 5.66 Å². The van der Waals surface area contributed by atoms with Gasteiger partial charge in [-0.2, -0.15) is 0 Å². The van der Waals surface area contributed by atoms with Gasteiger partial charge in [-0.1, -0.05) is 0 Å². The van der Waals surface area contributed by atoms with Crippen molar-refractivity contribution in [2.24, 2.45) is 22.9 Å². The summed E-state index contributed by atoms with van der Waals surface area (Å²) < 4.78 is 0. The molecule has 2 unspecified atom stereocenters. The van der Waals surface area contributed by atoms with Crippen LogP contribution in [0.2, 0.25) is 0 Å². The lowest BCUT2D eigenvalue weighted by molar-refractivity contribution is 0.237. The Kier molecular flexibility index (Phi) is 1.96. The van der Waals surface area contributed by atoms with Gasteiger partial charge in [0.1, 0.15) is 0 Å². The first-order valence-electron chi connectivity index (χ1n) is 3.61. The van der Waals surface area contributed by atoms with Gasteiger partial charge >= 0.3 is 0 Å². The van der Waals surface area contributed by atoms with E-state index in [2.05, 4.69) is 0 Å². The van der Waals surface area contributed by atoms with Crippen LogP contribution in [0, 0.1) is 0 Å². The number of hydrogen-bond donors (Lipinski definition) is 4. The second-order valence-corrected chi connectivity index (χ2v) is 3.26. The van der Waals surface area contributed by atoms with Crippen LogP contribution in [-0.2, 0) is 0 Å². The Morgan fingerprint density at radius 2 is 1.70 bits per heavy atom. The van der Waals surface area contributed by atoms with Gasteiger partial charge in [-0.05, 0) is 19.3 Å². The van der Waals surface area contributed by atoms with Gasteiger partial charge in [0.15, 0.2) is 0 Å². The van der Waals surface area contributed by atoms with Gasteiger partial charge in [-0.25, -0.2) is 0 Å². The summed E-state index contributed by atoms with van der Waals surface area (Å²) in [7, 11) is 0. The van der Waals surface area contributed by atoms with Crippen molar-refractivity contribution >= 4 is 0 Å². The van der Waals surface area contributed by atoms with Gasteiger partial charge in [0.2, 0.25) is 0 Å². The van der Waals surface area contributed by atoms with Crippen LogP contribution in [0.15, 0.2) is 0 Å². The van der Waals surface area contributed by atoms with Crippen molar-refractivity contribution in [1.29, 1.82) is 0 Å². The fourth-order valence-electron chi connectivity index (χ4n) is 1.37. The second-order valence-electron chi connectivity index (χ2n) is 3.26. The lowest BCUT2D eigenvalue weighted by Crippen LogP contribution is -2.66. The lowest BCUT2D eigenvalue weighted by atomic mass is 9.83. The van der Waals surface area contributed by atoms with E-state index in [9.17, 15) is 0 Å². The molecule has 1 saturated carbocycles. The summed E-state index contributed by atoms with van der Waals surface area (Å²) in [6.07, 6.45) is 2.42.